The van der Waals surface area contributed by atoms with Crippen LogP contribution in [0, 0.1) is 0 Å². The maximum Gasteiger partial charge on any atom is 0.490 e. The second-order valence-electron chi connectivity index (χ2n) is 8.90. The number of carbonyl (C=O) groups is 1. The molecule has 4 heterocycles. The van der Waals surface area contributed by atoms with E-state index in [0.29, 0.717) is 45.7 Å². The molecule has 0 amide bonds. The Labute approximate surface area is 237 Å². The Kier molecular flexibility index (Phi) is 7.64. The molecule has 1 aliphatic heterocycles. The monoisotopic (exact) mass is 631 g/mol. The summed E-state index contributed by atoms with van der Waals surface area (Å²) in [5, 5.41) is 15.5. The number of alkyl halides is 3. The van der Waals surface area contributed by atoms with Crippen LogP contribution in [0.5, 0.6) is 0 Å². The van der Waals surface area contributed by atoms with E-state index in [9.17, 15) is 18.0 Å². The number of morpholine rings is 1. The van der Waals surface area contributed by atoms with Crippen molar-refractivity contribution in [2.75, 3.05) is 36.9 Å². The van der Waals surface area contributed by atoms with Crippen molar-refractivity contribution >= 4 is 55.2 Å². The minimum Gasteiger partial charge on any atom is -0.475 e. The van der Waals surface area contributed by atoms with Gasteiger partial charge in [-0.1, -0.05) is 12.1 Å². The molecule has 0 spiro atoms. The van der Waals surface area contributed by atoms with Gasteiger partial charge in [0.15, 0.2) is 0 Å². The third kappa shape index (κ3) is 5.71. The Balaban J connectivity index is 0.000000431. The predicted molar refractivity (Wildman–Crippen MR) is 150 cm³/mol. The van der Waals surface area contributed by atoms with Crippen LogP contribution in [0.25, 0.3) is 44.3 Å². The third-order valence-electron chi connectivity index (χ3n) is 6.35. The van der Waals surface area contributed by atoms with Gasteiger partial charge in [0.2, 0.25) is 0 Å². The first kappa shape index (κ1) is 28.0. The Morgan fingerprint density at radius 3 is 2.51 bits per heavy atom. The van der Waals surface area contributed by atoms with Gasteiger partial charge in [-0.05, 0) is 45.8 Å². The number of carboxylic acid groups (broad SMARTS) is 1. The number of aromatic amines is 2. The van der Waals surface area contributed by atoms with Gasteiger partial charge in [0.05, 0.1) is 41.5 Å². The number of aromatic nitrogens is 5. The zero-order chi connectivity index (χ0) is 29.3. The number of nitrogens with one attached hydrogen (secondary N) is 2. The molecule has 0 atom stereocenters. The van der Waals surface area contributed by atoms with E-state index in [1.807, 2.05) is 36.4 Å². The molecule has 41 heavy (non-hydrogen) atoms. The molecular weight excluding hydrogens is 611 g/mol. The predicted octanol–water partition coefficient (Wildman–Crippen LogP) is 4.34. The minimum atomic E-state index is -5.08. The lowest BCUT2D eigenvalue weighted by Crippen LogP contribution is -2.36. The van der Waals surface area contributed by atoms with Crippen LogP contribution in [-0.4, -0.2) is 68.7 Å². The smallest absolute Gasteiger partial charge is 0.475 e. The molecule has 1 saturated heterocycles. The van der Waals surface area contributed by atoms with Crippen LogP contribution in [0.15, 0.2) is 58.1 Å². The topological polar surface area (TPSA) is 163 Å². The molecule has 1 aliphatic rings. The van der Waals surface area contributed by atoms with Crippen LogP contribution in [0.4, 0.5) is 24.7 Å². The number of aliphatic carboxylic acids is 1. The Bertz CT molecular complexity index is 1800. The Morgan fingerprint density at radius 2 is 1.85 bits per heavy atom. The summed E-state index contributed by atoms with van der Waals surface area (Å²) in [6.45, 7) is 2.99. The van der Waals surface area contributed by atoms with E-state index in [0.717, 1.165) is 40.9 Å². The van der Waals surface area contributed by atoms with Gasteiger partial charge >= 0.3 is 12.1 Å². The van der Waals surface area contributed by atoms with Gasteiger partial charge in [-0.25, -0.2) is 14.8 Å². The van der Waals surface area contributed by atoms with Crippen molar-refractivity contribution in [3.8, 4) is 22.5 Å². The average molecular weight is 632 g/mol. The number of carboxylic acids is 1. The van der Waals surface area contributed by atoms with Crippen LogP contribution < -0.4 is 16.2 Å². The van der Waals surface area contributed by atoms with Crippen LogP contribution in [0.2, 0.25) is 0 Å². The molecule has 0 radical (unpaired) electrons. The lowest BCUT2D eigenvalue weighted by Gasteiger charge is -2.27. The van der Waals surface area contributed by atoms with Gasteiger partial charge in [0.25, 0.3) is 5.56 Å². The van der Waals surface area contributed by atoms with Crippen molar-refractivity contribution in [2.45, 2.75) is 6.18 Å². The van der Waals surface area contributed by atoms with Gasteiger partial charge in [-0.2, -0.15) is 18.3 Å². The molecule has 5 N–H and O–H groups in total. The molecule has 0 bridgehead atoms. The van der Waals surface area contributed by atoms with Gasteiger partial charge in [0.1, 0.15) is 11.6 Å². The highest BCUT2D eigenvalue weighted by molar-refractivity contribution is 9.10. The number of anilines is 2. The highest BCUT2D eigenvalue weighted by Crippen LogP contribution is 2.38. The molecule has 5 aromatic rings. The normalized spacial score (nSPS) is 13.7. The fraction of sp³-hybridized carbons (Fsp3) is 0.192. The molecule has 2 aromatic carbocycles. The Morgan fingerprint density at radius 1 is 1.12 bits per heavy atom. The molecule has 0 saturated carbocycles. The lowest BCUT2D eigenvalue weighted by molar-refractivity contribution is -0.192. The second-order valence-corrected chi connectivity index (χ2v) is 9.76. The first-order valence-corrected chi connectivity index (χ1v) is 12.9. The number of nitrogens with two attached hydrogens (primary N) is 1. The van der Waals surface area contributed by atoms with Crippen molar-refractivity contribution in [3.05, 3.63) is 63.6 Å². The molecule has 6 rings (SSSR count). The zero-order valence-electron chi connectivity index (χ0n) is 21.0. The number of benzene rings is 2. The van der Waals surface area contributed by atoms with Crippen molar-refractivity contribution < 1.29 is 27.8 Å². The number of H-pyrrole nitrogens is 2. The average Bonchev–Trinajstić information content (AvgIpc) is 3.44. The first-order chi connectivity index (χ1) is 19.5. The number of rotatable bonds is 3. The molecule has 15 heteroatoms. The van der Waals surface area contributed by atoms with E-state index in [2.05, 4.69) is 41.0 Å². The zero-order valence-corrected chi connectivity index (χ0v) is 22.6. The number of halogens is 4. The molecule has 0 aliphatic carbocycles. The Hall–Kier alpha value is -4.50. The SMILES string of the molecule is Nc1c(-c2cccc3[nH]ncc23)cc(Br)c2nc(-c3ccc(N4CCOCC4)nc3)[nH]c(=O)c12.O=C(O)C(F)(F)F. The summed E-state index contributed by atoms with van der Waals surface area (Å²) in [6, 6.07) is 11.6. The van der Waals surface area contributed by atoms with Gasteiger partial charge in [0, 0.05) is 40.3 Å². The van der Waals surface area contributed by atoms with E-state index < -0.39 is 12.1 Å². The van der Waals surface area contributed by atoms with E-state index in [1.54, 1.807) is 12.4 Å². The van der Waals surface area contributed by atoms with Crippen LogP contribution >= 0.6 is 15.9 Å². The number of hydrogen-bond donors (Lipinski definition) is 4. The molecule has 1 fully saturated rings. The fourth-order valence-corrected chi connectivity index (χ4v) is 4.89. The van der Waals surface area contributed by atoms with Crippen molar-refractivity contribution in [1.29, 1.82) is 0 Å². The van der Waals surface area contributed by atoms with E-state index in [4.69, 9.17) is 25.4 Å². The number of nitrogens with zero attached hydrogens (tertiary/aromatic N) is 4. The van der Waals surface area contributed by atoms with Crippen molar-refractivity contribution in [3.63, 3.8) is 0 Å². The summed E-state index contributed by atoms with van der Waals surface area (Å²) in [5.41, 5.74) is 10.3. The summed E-state index contributed by atoms with van der Waals surface area (Å²) >= 11 is 3.61. The second kappa shape index (κ2) is 11.2. The molecule has 0 unspecified atom stereocenters. The third-order valence-corrected chi connectivity index (χ3v) is 6.95. The number of ether oxygens (including phenoxy) is 1. The lowest BCUT2D eigenvalue weighted by atomic mass is 9.98. The minimum absolute atomic E-state index is 0.309. The van der Waals surface area contributed by atoms with E-state index in [-0.39, 0.29) is 5.56 Å². The number of nitrogen functional groups attached to an aromatic ring is 1. The molecule has 3 aromatic heterocycles. The highest BCUT2D eigenvalue weighted by Gasteiger charge is 2.38. The first-order valence-electron chi connectivity index (χ1n) is 12.1. The van der Waals surface area contributed by atoms with Crippen molar-refractivity contribution in [2.24, 2.45) is 0 Å². The summed E-state index contributed by atoms with van der Waals surface area (Å²) in [6.07, 6.45) is -1.61. The maximum atomic E-state index is 13.2. The van der Waals surface area contributed by atoms with E-state index >= 15 is 0 Å². The van der Waals surface area contributed by atoms with E-state index in [1.165, 1.54) is 0 Å². The maximum absolute atomic E-state index is 13.2. The van der Waals surface area contributed by atoms with Gasteiger partial charge < -0.3 is 25.5 Å². The summed E-state index contributed by atoms with van der Waals surface area (Å²) in [7, 11) is 0. The van der Waals surface area contributed by atoms with Gasteiger partial charge in [-0.3, -0.25) is 9.89 Å². The fourth-order valence-electron chi connectivity index (χ4n) is 4.37. The molecule has 212 valence electrons. The summed E-state index contributed by atoms with van der Waals surface area (Å²) in [5.74, 6) is -1.45. The van der Waals surface area contributed by atoms with Crippen molar-refractivity contribution in [1.82, 2.24) is 25.1 Å². The molecular formula is C26H21BrF3N7O4. The van der Waals surface area contributed by atoms with Gasteiger partial charge in [-0.15, -0.1) is 0 Å². The largest absolute Gasteiger partial charge is 0.490 e. The number of fused-ring (bicyclic) bond motifs is 2. The molecule has 11 nitrogen and oxygen atoms in total. The van der Waals surface area contributed by atoms with Crippen LogP contribution in [0.3, 0.4) is 0 Å². The summed E-state index contributed by atoms with van der Waals surface area (Å²) in [4.78, 5) is 36.4. The quantitative estimate of drug-likeness (QED) is 0.212. The summed E-state index contributed by atoms with van der Waals surface area (Å²) < 4.78 is 37.8. The highest BCUT2D eigenvalue weighted by atomic mass is 79.9. The number of pyridine rings is 1. The van der Waals surface area contributed by atoms with Crippen LogP contribution in [-0.2, 0) is 9.53 Å². The number of hydrogen-bond acceptors (Lipinski definition) is 8. The standard InChI is InChI=1S/C24H20BrN7O2.C2HF3O2/c25-17-10-15(14-2-1-3-18-16(14)12-28-31-18)21(26)20-22(17)29-23(30-24(20)33)13-4-5-19(27-11-13)32-6-8-34-9-7-32;3-2(4,5)1(6)7/h1-5,10-12H,6-9,26H2,(H,28,31)(H,29,30,33);(H,6,7). The van der Waals surface area contributed by atoms with Crippen LogP contribution in [0.1, 0.15) is 0 Å².